The van der Waals surface area contributed by atoms with Crippen molar-refractivity contribution in [2.45, 2.75) is 13.5 Å². The van der Waals surface area contributed by atoms with E-state index in [4.69, 9.17) is 16.3 Å². The molecular formula is C14H12BClF3KO. The van der Waals surface area contributed by atoms with Gasteiger partial charge in [0.15, 0.2) is 0 Å². The molecule has 0 bridgehead atoms. The Balaban J connectivity index is 0.00000220. The van der Waals surface area contributed by atoms with Crippen LogP contribution in [0.1, 0.15) is 11.1 Å². The van der Waals surface area contributed by atoms with Crippen LogP contribution in [0.4, 0.5) is 12.9 Å². The summed E-state index contributed by atoms with van der Waals surface area (Å²) in [6.07, 6.45) is 0. The van der Waals surface area contributed by atoms with E-state index in [0.29, 0.717) is 10.8 Å². The molecule has 0 aliphatic heterocycles. The van der Waals surface area contributed by atoms with Crippen LogP contribution in [0.2, 0.25) is 5.02 Å². The van der Waals surface area contributed by atoms with Gasteiger partial charge in [0.25, 0.3) is 0 Å². The third kappa shape index (κ3) is 5.62. The number of halogens is 4. The predicted octanol–water partition coefficient (Wildman–Crippen LogP) is 1.29. The van der Waals surface area contributed by atoms with E-state index >= 15 is 0 Å². The second-order valence-electron chi connectivity index (χ2n) is 4.51. The molecule has 0 spiro atoms. The second kappa shape index (κ2) is 8.04. The largest absolute Gasteiger partial charge is 1.00 e. The zero-order chi connectivity index (χ0) is 14.8. The van der Waals surface area contributed by atoms with Crippen molar-refractivity contribution in [2.75, 3.05) is 0 Å². The fourth-order valence-corrected chi connectivity index (χ4v) is 2.11. The number of ether oxygens (including phenoxy) is 1. The Morgan fingerprint density at radius 2 is 1.81 bits per heavy atom. The molecule has 0 unspecified atom stereocenters. The molecule has 2 aromatic carbocycles. The van der Waals surface area contributed by atoms with Crippen molar-refractivity contribution in [1.82, 2.24) is 0 Å². The molecule has 0 saturated heterocycles. The van der Waals surface area contributed by atoms with Gasteiger partial charge in [0.2, 0.25) is 0 Å². The molecule has 7 heteroatoms. The number of hydrogen-bond acceptors (Lipinski definition) is 1. The molecule has 106 valence electrons. The van der Waals surface area contributed by atoms with Gasteiger partial charge in [-0.2, -0.15) is 0 Å². The third-order valence-corrected chi connectivity index (χ3v) is 3.12. The van der Waals surface area contributed by atoms with Gasteiger partial charge in [-0.1, -0.05) is 35.4 Å². The van der Waals surface area contributed by atoms with Crippen LogP contribution >= 0.6 is 11.6 Å². The quantitative estimate of drug-likeness (QED) is 0.763. The van der Waals surface area contributed by atoms with Gasteiger partial charge in [-0.05, 0) is 36.8 Å². The molecule has 0 aliphatic rings. The summed E-state index contributed by atoms with van der Waals surface area (Å²) in [7, 11) is 0. The second-order valence-corrected chi connectivity index (χ2v) is 4.95. The summed E-state index contributed by atoms with van der Waals surface area (Å²) in [5.74, 6) is 0.409. The average Bonchev–Trinajstić information content (AvgIpc) is 2.35. The molecule has 0 atom stereocenters. The number of benzene rings is 2. The minimum Gasteiger partial charge on any atom is -0.489 e. The van der Waals surface area contributed by atoms with Crippen LogP contribution in [0.5, 0.6) is 5.75 Å². The maximum Gasteiger partial charge on any atom is 1.00 e. The number of hydrogen-bond donors (Lipinski definition) is 0. The standard InChI is InChI=1S/C14H12BClF3O.K/c1-10-7-13(5-6-14(10)15(17,18)19)20-9-11-3-2-4-12(16)8-11;/h2-8H,9H2,1H3;/q-1;+1. The first kappa shape index (κ1) is 19.1. The third-order valence-electron chi connectivity index (χ3n) is 2.89. The molecule has 2 rings (SSSR count). The average molecular weight is 339 g/mol. The van der Waals surface area contributed by atoms with E-state index in [1.165, 1.54) is 19.1 Å². The molecule has 0 fully saturated rings. The summed E-state index contributed by atoms with van der Waals surface area (Å²) >= 11 is 5.84. The summed E-state index contributed by atoms with van der Waals surface area (Å²) < 4.78 is 43.5. The topological polar surface area (TPSA) is 9.23 Å². The van der Waals surface area contributed by atoms with E-state index in [9.17, 15) is 12.9 Å². The summed E-state index contributed by atoms with van der Waals surface area (Å²) in [4.78, 5) is 0. The fraction of sp³-hybridized carbons (Fsp3) is 0.143. The van der Waals surface area contributed by atoms with Crippen molar-refractivity contribution in [2.24, 2.45) is 0 Å². The van der Waals surface area contributed by atoms with Crippen molar-refractivity contribution in [3.05, 3.63) is 58.6 Å². The zero-order valence-electron chi connectivity index (χ0n) is 11.7. The molecule has 2 aromatic rings. The smallest absolute Gasteiger partial charge is 0.489 e. The zero-order valence-corrected chi connectivity index (χ0v) is 15.6. The van der Waals surface area contributed by atoms with Gasteiger partial charge < -0.3 is 17.7 Å². The van der Waals surface area contributed by atoms with E-state index in [0.717, 1.165) is 11.6 Å². The van der Waals surface area contributed by atoms with Crippen LogP contribution in [0, 0.1) is 6.92 Å². The van der Waals surface area contributed by atoms with Gasteiger partial charge in [-0.25, -0.2) is 0 Å². The van der Waals surface area contributed by atoms with Gasteiger partial charge in [0.1, 0.15) is 12.4 Å². The molecule has 0 N–H and O–H groups in total. The summed E-state index contributed by atoms with van der Waals surface area (Å²) in [6, 6.07) is 10.9. The van der Waals surface area contributed by atoms with Gasteiger partial charge >= 0.3 is 58.4 Å². The van der Waals surface area contributed by atoms with Crippen LogP contribution in [0.3, 0.4) is 0 Å². The minimum absolute atomic E-state index is 0. The molecule has 0 heterocycles. The molecule has 0 amide bonds. The van der Waals surface area contributed by atoms with Crippen molar-refractivity contribution in [1.29, 1.82) is 0 Å². The van der Waals surface area contributed by atoms with Crippen molar-refractivity contribution < 1.29 is 69.1 Å². The SMILES string of the molecule is Cc1cc(OCc2cccc(Cl)c2)ccc1[B-](F)(F)F.[K+]. The Morgan fingerprint density at radius 3 is 2.38 bits per heavy atom. The maximum absolute atomic E-state index is 12.7. The Bertz CT molecular complexity index is 619. The van der Waals surface area contributed by atoms with Crippen molar-refractivity contribution in [3.63, 3.8) is 0 Å². The Morgan fingerprint density at radius 1 is 1.10 bits per heavy atom. The van der Waals surface area contributed by atoms with E-state index in [1.54, 1.807) is 18.2 Å². The van der Waals surface area contributed by atoms with Gasteiger partial charge in [0.05, 0.1) is 0 Å². The van der Waals surface area contributed by atoms with Crippen LogP contribution < -0.4 is 61.6 Å². The Labute approximate surface area is 169 Å². The van der Waals surface area contributed by atoms with Crippen LogP contribution in [0.15, 0.2) is 42.5 Å². The summed E-state index contributed by atoms with van der Waals surface area (Å²) in [5, 5.41) is 0.595. The van der Waals surface area contributed by atoms with Gasteiger partial charge in [0, 0.05) is 5.02 Å². The monoisotopic (exact) mass is 338 g/mol. The fourth-order valence-electron chi connectivity index (χ4n) is 1.90. The first-order valence-corrected chi connectivity index (χ1v) is 6.42. The van der Waals surface area contributed by atoms with E-state index in [2.05, 4.69) is 0 Å². The van der Waals surface area contributed by atoms with Crippen LogP contribution in [-0.2, 0) is 6.61 Å². The molecule has 1 nitrogen and oxygen atoms in total. The van der Waals surface area contributed by atoms with E-state index in [1.807, 2.05) is 6.07 Å². The minimum atomic E-state index is -4.98. The molecular weight excluding hydrogens is 327 g/mol. The van der Waals surface area contributed by atoms with E-state index < -0.39 is 12.4 Å². The number of rotatable bonds is 4. The Hall–Kier alpha value is 0.0213. The van der Waals surface area contributed by atoms with Crippen LogP contribution in [-0.4, -0.2) is 6.98 Å². The Kier molecular flexibility index (Phi) is 7.30. The summed E-state index contributed by atoms with van der Waals surface area (Å²) in [6.45, 7) is -3.29. The number of aryl methyl sites for hydroxylation is 1. The van der Waals surface area contributed by atoms with Gasteiger partial charge in [-0.3, -0.25) is 0 Å². The molecule has 21 heavy (non-hydrogen) atoms. The normalized spacial score (nSPS) is 10.9. The van der Waals surface area contributed by atoms with Crippen LogP contribution in [0.25, 0.3) is 0 Å². The first-order chi connectivity index (χ1) is 9.36. The van der Waals surface area contributed by atoms with Crippen molar-refractivity contribution >= 4 is 24.0 Å². The molecule has 0 saturated carbocycles. The summed E-state index contributed by atoms with van der Waals surface area (Å²) in [5.41, 5.74) is 0.445. The van der Waals surface area contributed by atoms with Crippen molar-refractivity contribution in [3.8, 4) is 5.75 Å². The molecule has 0 aromatic heterocycles. The first-order valence-electron chi connectivity index (χ1n) is 6.04. The predicted molar refractivity (Wildman–Crippen MR) is 75.7 cm³/mol. The van der Waals surface area contributed by atoms with E-state index in [-0.39, 0.29) is 63.6 Å². The maximum atomic E-state index is 12.7. The molecule has 0 aliphatic carbocycles. The van der Waals surface area contributed by atoms with Gasteiger partial charge in [-0.15, -0.1) is 5.46 Å². The molecule has 0 radical (unpaired) electrons.